The first-order valence-corrected chi connectivity index (χ1v) is 8.79. The van der Waals surface area contributed by atoms with Gasteiger partial charge in [-0.25, -0.2) is 0 Å². The molecule has 1 aromatic rings. The van der Waals surface area contributed by atoms with Crippen molar-refractivity contribution in [2.75, 3.05) is 19.6 Å². The lowest BCUT2D eigenvalue weighted by atomic mass is 9.97. The van der Waals surface area contributed by atoms with Gasteiger partial charge < -0.3 is 10.0 Å². The molecule has 1 aromatic heterocycles. The van der Waals surface area contributed by atoms with Crippen molar-refractivity contribution in [3.8, 4) is 0 Å². The summed E-state index contributed by atoms with van der Waals surface area (Å²) in [4.78, 5) is 28.9. The number of aliphatic carboxylic acids is 1. The summed E-state index contributed by atoms with van der Waals surface area (Å²) in [5, 5.41) is 11.2. The molecule has 24 heavy (non-hydrogen) atoms. The molecule has 0 saturated carbocycles. The van der Waals surface area contributed by atoms with E-state index in [0.717, 1.165) is 17.8 Å². The normalized spacial score (nSPS) is 19.1. The Bertz CT molecular complexity index is 550. The molecule has 0 radical (unpaired) electrons. The third-order valence-electron chi connectivity index (χ3n) is 4.30. The molecule has 1 amide bonds. The Morgan fingerprint density at radius 1 is 1.58 bits per heavy atom. The summed E-state index contributed by atoms with van der Waals surface area (Å²) in [7, 11) is 0. The highest BCUT2D eigenvalue weighted by atomic mass is 35.5. The second kappa shape index (κ2) is 9.81. The van der Waals surface area contributed by atoms with Crippen LogP contribution in [0.4, 0.5) is 0 Å². The number of hydrogen-bond acceptors (Lipinski definition) is 4. The van der Waals surface area contributed by atoms with Crippen LogP contribution in [0.3, 0.4) is 0 Å². The van der Waals surface area contributed by atoms with Crippen LogP contribution in [0.2, 0.25) is 0 Å². The zero-order chi connectivity index (χ0) is 16.8. The van der Waals surface area contributed by atoms with Crippen molar-refractivity contribution in [2.24, 2.45) is 5.92 Å². The van der Waals surface area contributed by atoms with Crippen molar-refractivity contribution in [1.29, 1.82) is 0 Å². The molecule has 7 heteroatoms. The van der Waals surface area contributed by atoms with Crippen molar-refractivity contribution in [3.63, 3.8) is 0 Å². The number of piperidine rings is 1. The van der Waals surface area contributed by atoms with Crippen LogP contribution in [0.25, 0.3) is 0 Å². The van der Waals surface area contributed by atoms with Gasteiger partial charge in [-0.3, -0.25) is 14.5 Å². The minimum Gasteiger partial charge on any atom is -0.481 e. The van der Waals surface area contributed by atoms with E-state index in [9.17, 15) is 14.7 Å². The minimum absolute atomic E-state index is 0. The number of amides is 1. The highest BCUT2D eigenvalue weighted by Crippen LogP contribution is 2.20. The summed E-state index contributed by atoms with van der Waals surface area (Å²) in [5.41, 5.74) is 0. The third kappa shape index (κ3) is 5.33. The van der Waals surface area contributed by atoms with Crippen LogP contribution in [-0.4, -0.2) is 52.5 Å². The van der Waals surface area contributed by atoms with Crippen molar-refractivity contribution in [3.05, 3.63) is 35.0 Å². The maximum atomic E-state index is 12.8. The van der Waals surface area contributed by atoms with Crippen LogP contribution >= 0.6 is 23.7 Å². The molecule has 2 heterocycles. The quantitative estimate of drug-likeness (QED) is 0.747. The third-order valence-corrected chi connectivity index (χ3v) is 5.16. The van der Waals surface area contributed by atoms with E-state index < -0.39 is 5.97 Å². The van der Waals surface area contributed by atoms with Gasteiger partial charge in [0, 0.05) is 18.0 Å². The highest BCUT2D eigenvalue weighted by Gasteiger charge is 2.32. The first-order valence-electron chi connectivity index (χ1n) is 7.91. The maximum absolute atomic E-state index is 12.8. The molecule has 1 aliphatic rings. The number of rotatable bonds is 7. The molecule has 1 fully saturated rings. The lowest BCUT2D eigenvalue weighted by molar-refractivity contribution is -0.146. The Morgan fingerprint density at radius 3 is 2.92 bits per heavy atom. The predicted octanol–water partition coefficient (Wildman–Crippen LogP) is 2.87. The monoisotopic (exact) mass is 372 g/mol. The molecule has 1 saturated heterocycles. The molecule has 0 aromatic carbocycles. The highest BCUT2D eigenvalue weighted by molar-refractivity contribution is 7.09. The summed E-state index contributed by atoms with van der Waals surface area (Å²) in [6.07, 6.45) is 3.24. The van der Waals surface area contributed by atoms with E-state index in [1.54, 1.807) is 22.3 Å². The van der Waals surface area contributed by atoms with E-state index in [1.165, 1.54) is 0 Å². The van der Waals surface area contributed by atoms with Gasteiger partial charge in [0.15, 0.2) is 0 Å². The number of nitrogens with zero attached hydrogens (tertiary/aromatic N) is 2. The van der Waals surface area contributed by atoms with Crippen molar-refractivity contribution in [2.45, 2.75) is 32.4 Å². The fraction of sp³-hybridized carbons (Fsp3) is 0.529. The number of carboxylic acids is 1. The summed E-state index contributed by atoms with van der Waals surface area (Å²) >= 11 is 1.63. The van der Waals surface area contributed by atoms with Crippen LogP contribution in [0, 0.1) is 5.92 Å². The topological polar surface area (TPSA) is 60.9 Å². The van der Waals surface area contributed by atoms with Gasteiger partial charge in [-0.15, -0.1) is 30.3 Å². The van der Waals surface area contributed by atoms with Gasteiger partial charge in [-0.05, 0) is 37.8 Å². The summed E-state index contributed by atoms with van der Waals surface area (Å²) < 4.78 is 0. The molecule has 5 nitrogen and oxygen atoms in total. The largest absolute Gasteiger partial charge is 0.481 e. The van der Waals surface area contributed by atoms with Gasteiger partial charge in [0.05, 0.1) is 18.5 Å². The summed E-state index contributed by atoms with van der Waals surface area (Å²) in [6.45, 7) is 7.90. The second-order valence-electron chi connectivity index (χ2n) is 5.94. The van der Waals surface area contributed by atoms with Gasteiger partial charge in [0.25, 0.3) is 0 Å². The van der Waals surface area contributed by atoms with Gasteiger partial charge >= 0.3 is 5.97 Å². The summed E-state index contributed by atoms with van der Waals surface area (Å²) in [6, 6.07) is 3.68. The predicted molar refractivity (Wildman–Crippen MR) is 98.6 cm³/mol. The first kappa shape index (κ1) is 20.7. The Kier molecular flexibility index (Phi) is 8.45. The van der Waals surface area contributed by atoms with Crippen LogP contribution in [0.15, 0.2) is 30.2 Å². The minimum atomic E-state index is -0.768. The number of carboxylic acid groups (broad SMARTS) is 1. The molecule has 2 unspecified atom stereocenters. The van der Waals surface area contributed by atoms with Crippen LogP contribution in [0.1, 0.15) is 24.6 Å². The number of carbonyl (C=O) groups excluding carboxylic acids is 1. The fourth-order valence-corrected chi connectivity index (χ4v) is 3.68. The van der Waals surface area contributed by atoms with Gasteiger partial charge in [-0.1, -0.05) is 12.1 Å². The molecule has 1 aliphatic heterocycles. The van der Waals surface area contributed by atoms with Crippen molar-refractivity contribution in [1.82, 2.24) is 9.80 Å². The van der Waals surface area contributed by atoms with Gasteiger partial charge in [-0.2, -0.15) is 0 Å². The van der Waals surface area contributed by atoms with Crippen molar-refractivity contribution >= 4 is 35.6 Å². The second-order valence-corrected chi connectivity index (χ2v) is 6.97. The van der Waals surface area contributed by atoms with Crippen LogP contribution in [-0.2, 0) is 16.1 Å². The van der Waals surface area contributed by atoms with E-state index in [0.29, 0.717) is 26.1 Å². The zero-order valence-corrected chi connectivity index (χ0v) is 15.5. The number of likely N-dealkylation sites (tertiary alicyclic amines) is 1. The Labute approximate surface area is 153 Å². The zero-order valence-electron chi connectivity index (χ0n) is 13.9. The van der Waals surface area contributed by atoms with Crippen LogP contribution in [0.5, 0.6) is 0 Å². The molecule has 2 rings (SSSR count). The Morgan fingerprint density at radius 2 is 2.33 bits per heavy atom. The molecule has 0 bridgehead atoms. The SMILES string of the molecule is C=CCN(Cc1cccs1)C(=O)C(C)N1CCCC(C(=O)O)C1.Cl. The molecule has 0 spiro atoms. The average molecular weight is 373 g/mol. The number of halogens is 1. The molecule has 2 atom stereocenters. The maximum Gasteiger partial charge on any atom is 0.307 e. The first-order chi connectivity index (χ1) is 11.0. The smallest absolute Gasteiger partial charge is 0.307 e. The summed E-state index contributed by atoms with van der Waals surface area (Å²) in [5.74, 6) is -1.11. The Balaban J connectivity index is 0.00000288. The van der Waals surface area contributed by atoms with Crippen LogP contribution < -0.4 is 0 Å². The molecule has 1 N–H and O–H groups in total. The lowest BCUT2D eigenvalue weighted by Gasteiger charge is -2.36. The van der Waals surface area contributed by atoms with Gasteiger partial charge in [0.2, 0.25) is 5.91 Å². The van der Waals surface area contributed by atoms with E-state index >= 15 is 0 Å². The van der Waals surface area contributed by atoms with E-state index in [-0.39, 0.29) is 30.3 Å². The number of thiophene rings is 1. The Hall–Kier alpha value is -1.37. The lowest BCUT2D eigenvalue weighted by Crippen LogP contribution is -2.51. The van der Waals surface area contributed by atoms with E-state index in [4.69, 9.17) is 0 Å². The molecule has 0 aliphatic carbocycles. The standard InChI is InChI=1S/C17H24N2O3S.ClH/c1-3-8-19(12-15-7-5-10-23-15)16(20)13(2)18-9-4-6-14(11-18)17(21)22;/h3,5,7,10,13-14H,1,4,6,8-9,11-12H2,2H3,(H,21,22);1H. The fourth-order valence-electron chi connectivity index (χ4n) is 2.96. The average Bonchev–Trinajstić information content (AvgIpc) is 3.06. The van der Waals surface area contributed by atoms with Crippen molar-refractivity contribution < 1.29 is 14.7 Å². The van der Waals surface area contributed by atoms with E-state index in [1.807, 2.05) is 29.3 Å². The molecule has 134 valence electrons. The number of hydrogen-bond donors (Lipinski definition) is 1. The molecular weight excluding hydrogens is 348 g/mol. The number of carbonyl (C=O) groups is 2. The van der Waals surface area contributed by atoms with Gasteiger partial charge in [0.1, 0.15) is 0 Å². The molecular formula is C17H25ClN2O3S. The van der Waals surface area contributed by atoms with E-state index in [2.05, 4.69) is 6.58 Å².